The number of aromatic nitrogens is 1. The van der Waals surface area contributed by atoms with Gasteiger partial charge in [0.05, 0.1) is 12.6 Å². The monoisotopic (exact) mass is 353 g/mol. The molecule has 26 heavy (non-hydrogen) atoms. The summed E-state index contributed by atoms with van der Waals surface area (Å²) in [5, 5.41) is 0. The van der Waals surface area contributed by atoms with Crippen LogP contribution >= 0.6 is 0 Å². The van der Waals surface area contributed by atoms with Crippen LogP contribution in [-0.4, -0.2) is 45.0 Å². The van der Waals surface area contributed by atoms with Gasteiger partial charge in [0.15, 0.2) is 5.78 Å². The number of benzene rings is 1. The maximum absolute atomic E-state index is 12.6. The Morgan fingerprint density at radius 3 is 2.31 bits per heavy atom. The van der Waals surface area contributed by atoms with Crippen molar-refractivity contribution in [1.29, 1.82) is 0 Å². The van der Waals surface area contributed by atoms with Crippen LogP contribution < -0.4 is 0 Å². The average Bonchev–Trinajstić information content (AvgIpc) is 3.06. The normalized spacial score (nSPS) is 15.7. The van der Waals surface area contributed by atoms with Gasteiger partial charge < -0.3 is 4.98 Å². The van der Waals surface area contributed by atoms with E-state index >= 15 is 0 Å². The molecule has 0 spiro atoms. The predicted molar refractivity (Wildman–Crippen MR) is 93.4 cm³/mol. The van der Waals surface area contributed by atoms with Gasteiger partial charge in [0.1, 0.15) is 0 Å². The van der Waals surface area contributed by atoms with Gasteiger partial charge in [-0.25, -0.2) is 14.6 Å². The summed E-state index contributed by atoms with van der Waals surface area (Å²) in [5.41, 5.74) is 2.60. The van der Waals surface area contributed by atoms with Crippen LogP contribution in [0.2, 0.25) is 0 Å². The Kier molecular flexibility index (Phi) is 4.46. The van der Waals surface area contributed by atoms with Gasteiger partial charge in [-0.15, -0.1) is 0 Å². The first-order valence-electron chi connectivity index (χ1n) is 8.24. The van der Waals surface area contributed by atoms with Gasteiger partial charge in [-0.2, -0.15) is 0 Å². The molecule has 4 amide bonds. The number of carbonyl (C=O) groups excluding carboxylic acids is 4. The van der Waals surface area contributed by atoms with E-state index < -0.39 is 36.2 Å². The van der Waals surface area contributed by atoms with E-state index in [1.807, 2.05) is 13.0 Å². The fraction of sp³-hybridized carbons (Fsp3) is 0.263. The first-order valence-corrected chi connectivity index (χ1v) is 8.24. The van der Waals surface area contributed by atoms with Gasteiger partial charge in [-0.3, -0.25) is 14.4 Å². The molecule has 1 N–H and O–H groups in total. The molecule has 0 saturated carbocycles. The molecule has 134 valence electrons. The van der Waals surface area contributed by atoms with Crippen molar-refractivity contribution in [3.63, 3.8) is 0 Å². The van der Waals surface area contributed by atoms with E-state index in [-0.39, 0.29) is 0 Å². The number of hydrogen-bond donors (Lipinski definition) is 1. The highest BCUT2D eigenvalue weighted by molar-refractivity contribution is 6.45. The summed E-state index contributed by atoms with van der Waals surface area (Å²) >= 11 is 0. The largest absolute Gasteiger partial charge is 0.362 e. The molecule has 7 heteroatoms. The Morgan fingerprint density at radius 1 is 1.08 bits per heavy atom. The lowest BCUT2D eigenvalue weighted by Crippen LogP contribution is -2.37. The molecule has 1 aliphatic rings. The second-order valence-electron chi connectivity index (χ2n) is 6.35. The molecule has 1 fully saturated rings. The summed E-state index contributed by atoms with van der Waals surface area (Å²) in [7, 11) is 0. The van der Waals surface area contributed by atoms with Gasteiger partial charge in [0.25, 0.3) is 0 Å². The van der Waals surface area contributed by atoms with E-state index in [0.29, 0.717) is 16.2 Å². The van der Waals surface area contributed by atoms with Crippen molar-refractivity contribution in [2.24, 2.45) is 0 Å². The maximum atomic E-state index is 12.6. The lowest BCUT2D eigenvalue weighted by Gasteiger charge is -2.22. The highest BCUT2D eigenvalue weighted by Gasteiger charge is 2.47. The Labute approximate surface area is 150 Å². The zero-order valence-electron chi connectivity index (χ0n) is 14.8. The molecule has 3 rings (SSSR count). The molecule has 0 radical (unpaired) electrons. The number of aromatic amines is 1. The third-order valence-electron chi connectivity index (χ3n) is 4.50. The number of urea groups is 1. The van der Waals surface area contributed by atoms with E-state index in [9.17, 15) is 19.2 Å². The number of rotatable bonds is 5. The first kappa shape index (κ1) is 17.6. The quantitative estimate of drug-likeness (QED) is 0.507. The number of amides is 4. The molecular weight excluding hydrogens is 334 g/mol. The van der Waals surface area contributed by atoms with E-state index in [1.54, 1.807) is 44.2 Å². The lowest BCUT2D eigenvalue weighted by molar-refractivity contribution is -0.143. The van der Waals surface area contributed by atoms with Crippen LogP contribution in [0, 0.1) is 13.8 Å². The van der Waals surface area contributed by atoms with E-state index in [4.69, 9.17) is 0 Å². The van der Waals surface area contributed by atoms with Crippen molar-refractivity contribution >= 4 is 23.6 Å². The van der Waals surface area contributed by atoms with Crippen molar-refractivity contribution in [3.8, 4) is 0 Å². The number of imide groups is 2. The van der Waals surface area contributed by atoms with Gasteiger partial charge >= 0.3 is 17.8 Å². The zero-order chi connectivity index (χ0) is 19.0. The number of nitrogens with zero attached hydrogens (tertiary/aromatic N) is 2. The molecule has 2 aromatic rings. The molecule has 2 heterocycles. The second kappa shape index (κ2) is 6.59. The molecule has 1 aromatic carbocycles. The van der Waals surface area contributed by atoms with Gasteiger partial charge in [-0.05, 0) is 32.4 Å². The van der Waals surface area contributed by atoms with Gasteiger partial charge in [0, 0.05) is 17.0 Å². The van der Waals surface area contributed by atoms with Crippen molar-refractivity contribution in [1.82, 2.24) is 14.8 Å². The van der Waals surface area contributed by atoms with Crippen LogP contribution in [0.25, 0.3) is 0 Å². The summed E-state index contributed by atoms with van der Waals surface area (Å²) in [6.45, 7) is 4.76. The summed E-state index contributed by atoms with van der Waals surface area (Å²) in [6.07, 6.45) is 0. The highest BCUT2D eigenvalue weighted by Crippen LogP contribution is 2.26. The number of H-pyrrole nitrogens is 1. The average molecular weight is 353 g/mol. The third-order valence-corrected chi connectivity index (χ3v) is 4.50. The van der Waals surface area contributed by atoms with Crippen LogP contribution in [-0.2, 0) is 9.59 Å². The fourth-order valence-corrected chi connectivity index (χ4v) is 3.13. The minimum Gasteiger partial charge on any atom is -0.362 e. The second-order valence-corrected chi connectivity index (χ2v) is 6.35. The smallest absolute Gasteiger partial charge is 0.335 e. The summed E-state index contributed by atoms with van der Waals surface area (Å²) < 4.78 is 0. The fourth-order valence-electron chi connectivity index (χ4n) is 3.13. The molecule has 1 atom stereocenters. The molecule has 1 aliphatic heterocycles. The number of nitrogens with one attached hydrogen (secondary N) is 1. The van der Waals surface area contributed by atoms with E-state index in [2.05, 4.69) is 4.98 Å². The molecule has 1 saturated heterocycles. The number of Topliss-reactive ketones (excluding diaryl/α,β-unsaturated/α-hetero) is 1. The predicted octanol–water partition coefficient (Wildman–Crippen LogP) is 2.37. The molecule has 7 nitrogen and oxygen atoms in total. The number of carbonyl (C=O) groups is 4. The standard InChI is InChI=1S/C19H19N3O4/c1-11-9-15(12(2)20-11)16(23)10-21-17(24)18(25)22(19(21)26)13(3)14-7-5-4-6-8-14/h4-9,13,20H,10H2,1-3H3. The van der Waals surface area contributed by atoms with Crippen LogP contribution in [0.15, 0.2) is 36.4 Å². The van der Waals surface area contributed by atoms with Crippen molar-refractivity contribution in [3.05, 3.63) is 58.9 Å². The SMILES string of the molecule is Cc1cc(C(=O)CN2C(=O)C(=O)N(C(C)c3ccccc3)C2=O)c(C)[nH]1. The molecule has 0 aliphatic carbocycles. The Bertz CT molecular complexity index is 901. The van der Waals surface area contributed by atoms with Crippen LogP contribution in [0.1, 0.15) is 40.3 Å². The Hall–Kier alpha value is -3.22. The third kappa shape index (κ3) is 2.92. The summed E-state index contributed by atoms with van der Waals surface area (Å²) in [6, 6.07) is 9.24. The number of ketones is 1. The van der Waals surface area contributed by atoms with Gasteiger partial charge in [0.2, 0.25) is 0 Å². The molecule has 1 aromatic heterocycles. The molecular formula is C19H19N3O4. The highest BCUT2D eigenvalue weighted by atomic mass is 16.2. The first-order chi connectivity index (χ1) is 12.3. The lowest BCUT2D eigenvalue weighted by atomic mass is 10.1. The Balaban J connectivity index is 1.83. The van der Waals surface area contributed by atoms with E-state index in [0.717, 1.165) is 16.2 Å². The van der Waals surface area contributed by atoms with Crippen LogP contribution in [0.3, 0.4) is 0 Å². The maximum Gasteiger partial charge on any atom is 0.335 e. The topological polar surface area (TPSA) is 90.6 Å². The van der Waals surface area contributed by atoms with Crippen molar-refractivity contribution < 1.29 is 19.2 Å². The minimum absolute atomic E-state index is 0.393. The summed E-state index contributed by atoms with van der Waals surface area (Å²) in [5.74, 6) is -2.28. The van der Waals surface area contributed by atoms with Gasteiger partial charge in [-0.1, -0.05) is 30.3 Å². The van der Waals surface area contributed by atoms with Crippen molar-refractivity contribution in [2.45, 2.75) is 26.8 Å². The van der Waals surface area contributed by atoms with Crippen LogP contribution in [0.4, 0.5) is 4.79 Å². The summed E-state index contributed by atoms with van der Waals surface area (Å²) in [4.78, 5) is 54.4. The molecule has 0 bridgehead atoms. The molecule has 1 unspecified atom stereocenters. The minimum atomic E-state index is -0.976. The zero-order valence-corrected chi connectivity index (χ0v) is 14.8. The number of aryl methyl sites for hydroxylation is 2. The van der Waals surface area contributed by atoms with Crippen molar-refractivity contribution in [2.75, 3.05) is 6.54 Å². The number of hydrogen-bond acceptors (Lipinski definition) is 4. The Morgan fingerprint density at radius 2 is 1.73 bits per heavy atom. The van der Waals surface area contributed by atoms with Crippen LogP contribution in [0.5, 0.6) is 0 Å². The van der Waals surface area contributed by atoms with E-state index in [1.165, 1.54) is 0 Å².